The zero-order valence-corrected chi connectivity index (χ0v) is 11.6. The molecule has 0 aromatic heterocycles. The van der Waals surface area contributed by atoms with E-state index in [1.807, 2.05) is 0 Å². The quantitative estimate of drug-likeness (QED) is 0.792. The molecule has 2 aromatic rings. The Labute approximate surface area is 122 Å². The van der Waals surface area contributed by atoms with Crippen molar-refractivity contribution in [2.75, 3.05) is 5.32 Å². The molecule has 110 valence electrons. The highest BCUT2D eigenvalue weighted by Crippen LogP contribution is 2.31. The normalized spacial score (nSPS) is 13.4. The number of amides is 1. The minimum Gasteiger partial charge on any atom is -0.508 e. The molecule has 1 amide bonds. The lowest BCUT2D eigenvalue weighted by Crippen LogP contribution is -2.47. The van der Waals surface area contributed by atoms with Gasteiger partial charge in [-0.15, -0.1) is 0 Å². The summed E-state index contributed by atoms with van der Waals surface area (Å²) in [5, 5.41) is 12.3. The molecular weight excluding hydrogens is 271 g/mol. The van der Waals surface area contributed by atoms with E-state index < -0.39 is 17.3 Å². The second-order valence-corrected chi connectivity index (χ2v) is 4.77. The van der Waals surface area contributed by atoms with E-state index in [0.717, 1.165) is 0 Å². The zero-order chi connectivity index (χ0) is 15.5. The van der Waals surface area contributed by atoms with Gasteiger partial charge in [-0.3, -0.25) is 4.79 Å². The molecule has 5 heteroatoms. The molecule has 0 heterocycles. The molecule has 1 unspecified atom stereocenters. The minimum absolute atomic E-state index is 0.0825. The Hall–Kier alpha value is -2.56. The average Bonchev–Trinajstić information content (AvgIpc) is 2.47. The Morgan fingerprint density at radius 1 is 1.24 bits per heavy atom. The number of para-hydroxylation sites is 1. The molecule has 0 aliphatic rings. The first-order valence-electron chi connectivity index (χ1n) is 6.61. The van der Waals surface area contributed by atoms with Crippen LogP contribution >= 0.6 is 0 Å². The number of benzene rings is 2. The van der Waals surface area contributed by atoms with Gasteiger partial charge in [-0.25, -0.2) is 4.39 Å². The number of hydrogen-bond acceptors (Lipinski definition) is 3. The zero-order valence-electron chi connectivity index (χ0n) is 11.6. The Balaban J connectivity index is 2.50. The summed E-state index contributed by atoms with van der Waals surface area (Å²) in [5.74, 6) is -0.992. The first-order chi connectivity index (χ1) is 9.99. The predicted octanol–water partition coefficient (Wildman–Crippen LogP) is 2.73. The molecule has 2 rings (SSSR count). The monoisotopic (exact) mass is 288 g/mol. The first-order valence-corrected chi connectivity index (χ1v) is 6.61. The maximum atomic E-state index is 13.8. The molecule has 0 radical (unpaired) electrons. The molecule has 21 heavy (non-hydrogen) atoms. The van der Waals surface area contributed by atoms with E-state index in [1.54, 1.807) is 37.3 Å². The topological polar surface area (TPSA) is 75.3 Å². The Kier molecular flexibility index (Phi) is 4.12. The van der Waals surface area contributed by atoms with E-state index in [0.29, 0.717) is 12.0 Å². The Bertz CT molecular complexity index is 643. The van der Waals surface area contributed by atoms with Crippen LogP contribution in [-0.4, -0.2) is 11.0 Å². The van der Waals surface area contributed by atoms with Gasteiger partial charge in [0.1, 0.15) is 17.1 Å². The van der Waals surface area contributed by atoms with Crippen molar-refractivity contribution in [3.63, 3.8) is 0 Å². The summed E-state index contributed by atoms with van der Waals surface area (Å²) in [6.45, 7) is 1.78. The summed E-state index contributed by atoms with van der Waals surface area (Å²) in [6.07, 6.45) is 0.335. The van der Waals surface area contributed by atoms with Gasteiger partial charge in [0.25, 0.3) is 0 Å². The van der Waals surface area contributed by atoms with Crippen LogP contribution in [0.4, 0.5) is 10.1 Å². The fourth-order valence-corrected chi connectivity index (χ4v) is 2.28. The fraction of sp³-hybridized carbons (Fsp3) is 0.188. The molecule has 0 aliphatic heterocycles. The van der Waals surface area contributed by atoms with Gasteiger partial charge in [0.2, 0.25) is 5.91 Å². The summed E-state index contributed by atoms with van der Waals surface area (Å²) in [4.78, 5) is 12.0. The maximum Gasteiger partial charge on any atom is 0.247 e. The largest absolute Gasteiger partial charge is 0.508 e. The summed E-state index contributed by atoms with van der Waals surface area (Å²) in [5.41, 5.74) is 5.09. The molecule has 0 aliphatic carbocycles. The average molecular weight is 288 g/mol. The summed E-state index contributed by atoms with van der Waals surface area (Å²) >= 11 is 0. The second-order valence-electron chi connectivity index (χ2n) is 4.77. The number of carbonyl (C=O) groups is 1. The van der Waals surface area contributed by atoms with Crippen LogP contribution in [0, 0.1) is 5.82 Å². The first kappa shape index (κ1) is 14.8. The van der Waals surface area contributed by atoms with Gasteiger partial charge < -0.3 is 16.2 Å². The highest BCUT2D eigenvalue weighted by atomic mass is 19.1. The van der Waals surface area contributed by atoms with Crippen LogP contribution in [0.2, 0.25) is 0 Å². The molecule has 4 N–H and O–H groups in total. The number of aromatic hydroxyl groups is 1. The lowest BCUT2D eigenvalue weighted by molar-refractivity contribution is -0.122. The van der Waals surface area contributed by atoms with E-state index in [-0.39, 0.29) is 11.4 Å². The molecule has 0 fully saturated rings. The number of phenolic OH excluding ortho intramolecular Hbond substituents is 1. The standard InChI is InChI=1S/C16H17FN2O2/c1-2-16(15(18)21,11-7-9-12(20)10-8-11)19-14-6-4-3-5-13(14)17/h3-10,19-20H,2H2,1H3,(H2,18,21). The summed E-state index contributed by atoms with van der Waals surface area (Å²) in [7, 11) is 0. The van der Waals surface area contributed by atoms with E-state index in [1.165, 1.54) is 18.2 Å². The molecule has 2 aromatic carbocycles. The van der Waals surface area contributed by atoms with Crippen molar-refractivity contribution >= 4 is 11.6 Å². The third kappa shape index (κ3) is 2.81. The van der Waals surface area contributed by atoms with Crippen molar-refractivity contribution in [1.82, 2.24) is 0 Å². The van der Waals surface area contributed by atoms with Crippen molar-refractivity contribution in [3.05, 3.63) is 59.9 Å². The summed E-state index contributed by atoms with van der Waals surface area (Å²) < 4.78 is 13.8. The number of halogens is 1. The molecule has 1 atom stereocenters. The van der Waals surface area contributed by atoms with Gasteiger partial charge in [0, 0.05) is 0 Å². The highest BCUT2D eigenvalue weighted by molar-refractivity contribution is 5.89. The third-order valence-corrected chi connectivity index (χ3v) is 3.53. The van der Waals surface area contributed by atoms with Gasteiger partial charge in [0.05, 0.1) is 5.69 Å². The highest BCUT2D eigenvalue weighted by Gasteiger charge is 2.37. The van der Waals surface area contributed by atoms with Gasteiger partial charge in [-0.05, 0) is 36.2 Å². The molecule has 0 saturated carbocycles. The van der Waals surface area contributed by atoms with Crippen molar-refractivity contribution in [2.45, 2.75) is 18.9 Å². The van der Waals surface area contributed by atoms with Crippen molar-refractivity contribution in [3.8, 4) is 5.75 Å². The Morgan fingerprint density at radius 3 is 2.38 bits per heavy atom. The van der Waals surface area contributed by atoms with Crippen LogP contribution < -0.4 is 11.1 Å². The van der Waals surface area contributed by atoms with Crippen molar-refractivity contribution < 1.29 is 14.3 Å². The predicted molar refractivity (Wildman–Crippen MR) is 79.3 cm³/mol. The van der Waals surface area contributed by atoms with E-state index in [9.17, 15) is 14.3 Å². The van der Waals surface area contributed by atoms with Crippen LogP contribution in [0.3, 0.4) is 0 Å². The number of carbonyl (C=O) groups excluding carboxylic acids is 1. The molecule has 0 bridgehead atoms. The lowest BCUT2D eigenvalue weighted by Gasteiger charge is -2.32. The number of nitrogens with one attached hydrogen (secondary N) is 1. The van der Waals surface area contributed by atoms with Crippen LogP contribution in [0.15, 0.2) is 48.5 Å². The van der Waals surface area contributed by atoms with E-state index in [4.69, 9.17) is 5.73 Å². The number of anilines is 1. The number of hydrogen-bond donors (Lipinski definition) is 3. The number of phenols is 1. The number of primary amides is 1. The van der Waals surface area contributed by atoms with Crippen LogP contribution in [-0.2, 0) is 10.3 Å². The minimum atomic E-state index is -1.24. The molecule has 0 spiro atoms. The molecular formula is C16H17FN2O2. The number of rotatable bonds is 5. The van der Waals surface area contributed by atoms with Gasteiger partial charge >= 0.3 is 0 Å². The third-order valence-electron chi connectivity index (χ3n) is 3.53. The second kappa shape index (κ2) is 5.83. The van der Waals surface area contributed by atoms with Gasteiger partial charge in [0.15, 0.2) is 0 Å². The smallest absolute Gasteiger partial charge is 0.247 e. The van der Waals surface area contributed by atoms with Crippen LogP contribution in [0.5, 0.6) is 5.75 Å². The Morgan fingerprint density at radius 2 is 1.86 bits per heavy atom. The van der Waals surface area contributed by atoms with Gasteiger partial charge in [-0.2, -0.15) is 0 Å². The van der Waals surface area contributed by atoms with E-state index in [2.05, 4.69) is 5.32 Å². The SMILES string of the molecule is CCC(Nc1ccccc1F)(C(N)=O)c1ccc(O)cc1. The fourth-order valence-electron chi connectivity index (χ4n) is 2.28. The molecule has 0 saturated heterocycles. The van der Waals surface area contributed by atoms with Crippen molar-refractivity contribution in [1.29, 1.82) is 0 Å². The van der Waals surface area contributed by atoms with Crippen molar-refractivity contribution in [2.24, 2.45) is 5.73 Å². The lowest BCUT2D eigenvalue weighted by atomic mass is 9.86. The van der Waals surface area contributed by atoms with Gasteiger partial charge in [-0.1, -0.05) is 31.2 Å². The summed E-state index contributed by atoms with van der Waals surface area (Å²) in [6, 6.07) is 12.2. The van der Waals surface area contributed by atoms with Crippen LogP contribution in [0.1, 0.15) is 18.9 Å². The number of nitrogens with two attached hydrogens (primary N) is 1. The maximum absolute atomic E-state index is 13.8. The van der Waals surface area contributed by atoms with E-state index >= 15 is 0 Å². The molecule has 4 nitrogen and oxygen atoms in total. The van der Waals surface area contributed by atoms with Crippen LogP contribution in [0.25, 0.3) is 0 Å².